The van der Waals surface area contributed by atoms with Gasteiger partial charge in [0, 0.05) is 37.8 Å². The second-order valence-electron chi connectivity index (χ2n) is 7.74. The molecule has 0 unspecified atom stereocenters. The number of hydrogen-bond acceptors (Lipinski definition) is 4. The number of pyridine rings is 1. The smallest absolute Gasteiger partial charge is 0.225 e. The lowest BCUT2D eigenvalue weighted by Crippen LogP contribution is -2.50. The quantitative estimate of drug-likeness (QED) is 0.849. The highest BCUT2D eigenvalue weighted by Crippen LogP contribution is 2.35. The number of piperazine rings is 1. The van der Waals surface area contributed by atoms with E-state index in [1.54, 1.807) is 0 Å². The summed E-state index contributed by atoms with van der Waals surface area (Å²) in [4.78, 5) is 21.3. The minimum absolute atomic E-state index is 0.0342. The van der Waals surface area contributed by atoms with E-state index in [0.717, 1.165) is 49.4 Å². The van der Waals surface area contributed by atoms with Gasteiger partial charge in [-0.1, -0.05) is 27.7 Å². The summed E-state index contributed by atoms with van der Waals surface area (Å²) in [5, 5.41) is 9.77. The van der Waals surface area contributed by atoms with Gasteiger partial charge in [-0.2, -0.15) is 5.26 Å². The Kier molecular flexibility index (Phi) is 4.99. The van der Waals surface area contributed by atoms with E-state index in [0.29, 0.717) is 19.0 Å². The van der Waals surface area contributed by atoms with Crippen molar-refractivity contribution in [2.24, 2.45) is 5.92 Å². The summed E-state index contributed by atoms with van der Waals surface area (Å²) in [6.07, 6.45) is 3.15. The van der Waals surface area contributed by atoms with Crippen molar-refractivity contribution in [3.8, 4) is 6.07 Å². The second-order valence-corrected chi connectivity index (χ2v) is 7.74. The van der Waals surface area contributed by atoms with Gasteiger partial charge in [-0.3, -0.25) is 4.79 Å². The van der Waals surface area contributed by atoms with Crippen molar-refractivity contribution in [1.82, 2.24) is 9.88 Å². The molecule has 0 N–H and O–H groups in total. The molecule has 2 heterocycles. The van der Waals surface area contributed by atoms with E-state index in [1.165, 1.54) is 11.1 Å². The van der Waals surface area contributed by atoms with Gasteiger partial charge in [-0.05, 0) is 36.3 Å². The fourth-order valence-corrected chi connectivity index (χ4v) is 4.00. The van der Waals surface area contributed by atoms with Crippen molar-refractivity contribution in [3.05, 3.63) is 22.4 Å². The lowest BCUT2D eigenvalue weighted by molar-refractivity contribution is -0.134. The summed E-state index contributed by atoms with van der Waals surface area (Å²) < 4.78 is 0. The Bertz CT molecular complexity index is 709. The number of carbonyl (C=O) groups excluding carboxylic acids is 1. The molecular weight excluding hydrogens is 312 g/mol. The highest BCUT2D eigenvalue weighted by molar-refractivity contribution is 5.78. The molecule has 1 saturated heterocycles. The maximum Gasteiger partial charge on any atom is 0.225 e. The molecule has 0 radical (unpaired) electrons. The van der Waals surface area contributed by atoms with Crippen molar-refractivity contribution < 1.29 is 4.79 Å². The van der Waals surface area contributed by atoms with E-state index in [1.807, 2.05) is 18.7 Å². The summed E-state index contributed by atoms with van der Waals surface area (Å²) in [7, 11) is 0. The highest BCUT2D eigenvalue weighted by atomic mass is 16.2. The molecule has 0 saturated carbocycles. The Hall–Kier alpha value is -2.09. The highest BCUT2D eigenvalue weighted by Gasteiger charge is 2.29. The van der Waals surface area contributed by atoms with Gasteiger partial charge in [0.25, 0.3) is 0 Å². The molecule has 0 aromatic carbocycles. The van der Waals surface area contributed by atoms with Crippen molar-refractivity contribution in [2.75, 3.05) is 31.1 Å². The third-order valence-electron chi connectivity index (χ3n) is 5.32. The summed E-state index contributed by atoms with van der Waals surface area (Å²) in [5.41, 5.74) is 4.45. The Morgan fingerprint density at radius 1 is 1.08 bits per heavy atom. The van der Waals surface area contributed by atoms with Crippen molar-refractivity contribution in [1.29, 1.82) is 5.26 Å². The van der Waals surface area contributed by atoms with Gasteiger partial charge in [0.05, 0.1) is 5.56 Å². The van der Waals surface area contributed by atoms with Crippen LogP contribution >= 0.6 is 0 Å². The molecule has 1 aliphatic heterocycles. The number of rotatable bonds is 3. The number of nitrogens with zero attached hydrogens (tertiary/aromatic N) is 4. The number of nitriles is 1. The van der Waals surface area contributed by atoms with Crippen LogP contribution in [0.15, 0.2) is 0 Å². The molecule has 0 spiro atoms. The Morgan fingerprint density at radius 2 is 1.72 bits per heavy atom. The van der Waals surface area contributed by atoms with Gasteiger partial charge < -0.3 is 9.80 Å². The Labute approximate surface area is 150 Å². The minimum atomic E-state index is 0.0342. The van der Waals surface area contributed by atoms with Crippen LogP contribution in [-0.4, -0.2) is 42.0 Å². The molecule has 1 amide bonds. The number of hydrogen-bond donors (Lipinski definition) is 0. The molecule has 0 bridgehead atoms. The molecule has 3 rings (SSSR count). The summed E-state index contributed by atoms with van der Waals surface area (Å²) >= 11 is 0. The first-order valence-electron chi connectivity index (χ1n) is 9.43. The van der Waals surface area contributed by atoms with Gasteiger partial charge in [-0.25, -0.2) is 4.98 Å². The van der Waals surface area contributed by atoms with Crippen molar-refractivity contribution in [2.45, 2.75) is 52.9 Å². The zero-order valence-corrected chi connectivity index (χ0v) is 15.8. The second kappa shape index (κ2) is 7.03. The van der Waals surface area contributed by atoms with E-state index in [4.69, 9.17) is 4.98 Å². The van der Waals surface area contributed by atoms with Crippen LogP contribution in [0.4, 0.5) is 5.82 Å². The number of carbonyl (C=O) groups is 1. The molecular formula is C20H28N4O. The van der Waals surface area contributed by atoms with Crippen LogP contribution in [0.25, 0.3) is 0 Å². The van der Waals surface area contributed by atoms with Crippen LogP contribution in [0.1, 0.15) is 62.4 Å². The molecule has 1 aliphatic carbocycles. The number of anilines is 1. The third-order valence-corrected chi connectivity index (χ3v) is 5.32. The van der Waals surface area contributed by atoms with Gasteiger partial charge in [-0.15, -0.1) is 0 Å². The van der Waals surface area contributed by atoms with E-state index in [9.17, 15) is 10.1 Å². The van der Waals surface area contributed by atoms with Crippen LogP contribution in [0.2, 0.25) is 0 Å². The van der Waals surface area contributed by atoms with E-state index in [-0.39, 0.29) is 11.8 Å². The molecule has 2 aliphatic rings. The van der Waals surface area contributed by atoms with E-state index < -0.39 is 0 Å². The molecule has 1 aromatic heterocycles. The van der Waals surface area contributed by atoms with Crippen molar-refractivity contribution >= 4 is 11.7 Å². The first-order valence-corrected chi connectivity index (χ1v) is 9.43. The van der Waals surface area contributed by atoms with Crippen LogP contribution in [-0.2, 0) is 17.6 Å². The van der Waals surface area contributed by atoms with Gasteiger partial charge in [0.1, 0.15) is 11.9 Å². The van der Waals surface area contributed by atoms with Gasteiger partial charge >= 0.3 is 0 Å². The van der Waals surface area contributed by atoms with E-state index in [2.05, 4.69) is 24.8 Å². The molecule has 25 heavy (non-hydrogen) atoms. The molecule has 134 valence electrons. The van der Waals surface area contributed by atoms with E-state index >= 15 is 0 Å². The molecule has 5 nitrogen and oxygen atoms in total. The standard InChI is InChI=1S/C20H28N4O/c1-13(2)18-16-7-5-6-15(16)17(12-21)19(22-18)23-8-10-24(11-9-23)20(25)14(3)4/h13-14H,5-11H2,1-4H3. The number of aromatic nitrogens is 1. The minimum Gasteiger partial charge on any atom is -0.352 e. The first-order chi connectivity index (χ1) is 11.9. The normalized spacial score (nSPS) is 17.2. The molecule has 0 atom stereocenters. The Balaban J connectivity index is 1.90. The maximum atomic E-state index is 12.2. The predicted octanol–water partition coefficient (Wildman–Crippen LogP) is 2.87. The van der Waals surface area contributed by atoms with Crippen LogP contribution in [0, 0.1) is 17.2 Å². The fraction of sp³-hybridized carbons (Fsp3) is 0.650. The van der Waals surface area contributed by atoms with Crippen molar-refractivity contribution in [3.63, 3.8) is 0 Å². The third kappa shape index (κ3) is 3.22. The summed E-state index contributed by atoms with van der Waals surface area (Å²) in [6, 6.07) is 2.43. The molecule has 1 fully saturated rings. The topological polar surface area (TPSA) is 60.2 Å². The average molecular weight is 340 g/mol. The predicted molar refractivity (Wildman–Crippen MR) is 98.7 cm³/mol. The van der Waals surface area contributed by atoms with Gasteiger partial charge in [0.2, 0.25) is 5.91 Å². The zero-order chi connectivity index (χ0) is 18.1. The van der Waals surface area contributed by atoms with Crippen LogP contribution < -0.4 is 4.90 Å². The lowest BCUT2D eigenvalue weighted by atomic mass is 9.97. The largest absolute Gasteiger partial charge is 0.352 e. The first kappa shape index (κ1) is 17.7. The Morgan fingerprint density at radius 3 is 2.28 bits per heavy atom. The summed E-state index contributed by atoms with van der Waals surface area (Å²) in [5.74, 6) is 1.45. The average Bonchev–Trinajstić information content (AvgIpc) is 3.09. The fourth-order valence-electron chi connectivity index (χ4n) is 4.00. The number of fused-ring (bicyclic) bond motifs is 1. The maximum absolute atomic E-state index is 12.2. The monoisotopic (exact) mass is 340 g/mol. The molecule has 1 aromatic rings. The SMILES string of the molecule is CC(C)C(=O)N1CCN(c2nc(C(C)C)c3c(c2C#N)CCC3)CC1. The van der Waals surface area contributed by atoms with Gasteiger partial charge in [0.15, 0.2) is 0 Å². The summed E-state index contributed by atoms with van der Waals surface area (Å²) in [6.45, 7) is 11.1. The molecule has 5 heteroatoms. The number of amides is 1. The lowest BCUT2D eigenvalue weighted by Gasteiger charge is -2.37. The zero-order valence-electron chi connectivity index (χ0n) is 15.8. The van der Waals surface area contributed by atoms with Crippen LogP contribution in [0.5, 0.6) is 0 Å². The van der Waals surface area contributed by atoms with Crippen LogP contribution in [0.3, 0.4) is 0 Å².